The molecule has 1 aromatic carbocycles. The highest BCUT2D eigenvalue weighted by Crippen LogP contribution is 2.23. The van der Waals surface area contributed by atoms with Crippen LogP contribution in [0.4, 0.5) is 0 Å². The maximum absolute atomic E-state index is 10.5. The molecule has 1 aromatic heterocycles. The van der Waals surface area contributed by atoms with Crippen LogP contribution in [0.25, 0.3) is 0 Å². The third-order valence-electron chi connectivity index (χ3n) is 3.67. The lowest BCUT2D eigenvalue weighted by Gasteiger charge is -2.22. The van der Waals surface area contributed by atoms with Crippen LogP contribution >= 0.6 is 15.9 Å². The third kappa shape index (κ3) is 4.85. The topological polar surface area (TPSA) is 69.8 Å². The largest absolute Gasteiger partial charge is 0.466 e. The summed E-state index contributed by atoms with van der Waals surface area (Å²) in [4.78, 5) is 4.51. The van der Waals surface area contributed by atoms with Gasteiger partial charge in [-0.05, 0) is 44.5 Å². The molecule has 5 nitrogen and oxygen atoms in total. The number of nitrogens with one attached hydrogen (secondary N) is 2. The molecule has 0 radical (unpaired) electrons. The number of guanidine groups is 1. The van der Waals surface area contributed by atoms with Crippen LogP contribution in [-0.4, -0.2) is 24.2 Å². The van der Waals surface area contributed by atoms with Crippen LogP contribution < -0.4 is 10.6 Å². The van der Waals surface area contributed by atoms with E-state index in [1.54, 1.807) is 25.3 Å². The fraction of sp³-hybridized carbons (Fsp3) is 0.389. The zero-order valence-corrected chi connectivity index (χ0v) is 15.8. The summed E-state index contributed by atoms with van der Waals surface area (Å²) in [5.74, 6) is 1.15. The molecule has 3 N–H and O–H groups in total. The van der Waals surface area contributed by atoms with Gasteiger partial charge in [0.2, 0.25) is 0 Å². The molecule has 130 valence electrons. The van der Waals surface area contributed by atoms with E-state index >= 15 is 0 Å². The first kappa shape index (κ1) is 18.5. The second-order valence-corrected chi connectivity index (χ2v) is 6.69. The van der Waals surface area contributed by atoms with Crippen LogP contribution in [0.15, 0.2) is 56.5 Å². The van der Waals surface area contributed by atoms with Gasteiger partial charge in [-0.1, -0.05) is 34.1 Å². The maximum atomic E-state index is 10.5. The number of furan rings is 1. The molecule has 1 heterocycles. The quantitative estimate of drug-likeness (QED) is 0.518. The summed E-state index contributed by atoms with van der Waals surface area (Å²) in [5.41, 5.74) is -0.0107. The summed E-state index contributed by atoms with van der Waals surface area (Å²) >= 11 is 3.57. The summed E-state index contributed by atoms with van der Waals surface area (Å²) in [6.45, 7) is 6.69. The van der Waals surface area contributed by atoms with Gasteiger partial charge in [0.25, 0.3) is 0 Å². The third-order valence-corrected chi connectivity index (χ3v) is 4.39. The lowest BCUT2D eigenvalue weighted by atomic mass is 10.0. The van der Waals surface area contributed by atoms with Gasteiger partial charge in [0.05, 0.1) is 18.8 Å². The number of nitrogens with zero attached hydrogens (tertiary/aromatic N) is 1. The average molecular weight is 394 g/mol. The Morgan fingerprint density at radius 2 is 2.08 bits per heavy atom. The van der Waals surface area contributed by atoms with Gasteiger partial charge < -0.3 is 20.2 Å². The first-order chi connectivity index (χ1) is 11.4. The first-order valence-corrected chi connectivity index (χ1v) is 8.79. The summed E-state index contributed by atoms with van der Waals surface area (Å²) in [6.07, 6.45) is 1.55. The number of halogens is 1. The molecule has 2 aromatic rings. The second-order valence-electron chi connectivity index (χ2n) is 5.83. The lowest BCUT2D eigenvalue weighted by molar-refractivity contribution is 0.0437. The fourth-order valence-corrected chi connectivity index (χ4v) is 2.95. The molecular weight excluding hydrogens is 370 g/mol. The lowest BCUT2D eigenvalue weighted by Crippen LogP contribution is -2.40. The van der Waals surface area contributed by atoms with Gasteiger partial charge >= 0.3 is 0 Å². The summed E-state index contributed by atoms with van der Waals surface area (Å²) in [6, 6.07) is 11.6. The van der Waals surface area contributed by atoms with E-state index in [1.807, 2.05) is 25.1 Å². The van der Waals surface area contributed by atoms with Gasteiger partial charge in [-0.15, -0.1) is 0 Å². The van der Waals surface area contributed by atoms with Crippen molar-refractivity contribution in [1.82, 2.24) is 10.6 Å². The standard InChI is InChI=1S/C18H24BrN3O2/c1-4-20-17(21-12-18(3,23)16-10-7-11-24-16)22-13(2)14-8-5-6-9-15(14)19/h5-11,13,23H,4,12H2,1-3H3,(H2,20,21,22). The average Bonchev–Trinajstić information content (AvgIpc) is 3.08. The van der Waals surface area contributed by atoms with E-state index < -0.39 is 5.60 Å². The summed E-state index contributed by atoms with van der Waals surface area (Å²) in [7, 11) is 0. The maximum Gasteiger partial charge on any atom is 0.191 e. The van der Waals surface area contributed by atoms with Crippen molar-refractivity contribution in [1.29, 1.82) is 0 Å². The highest BCUT2D eigenvalue weighted by molar-refractivity contribution is 9.10. The number of aliphatic hydroxyl groups is 1. The zero-order valence-electron chi connectivity index (χ0n) is 14.2. The Balaban J connectivity index is 2.10. The van der Waals surface area contributed by atoms with Crippen molar-refractivity contribution < 1.29 is 9.52 Å². The minimum atomic E-state index is -1.15. The highest BCUT2D eigenvalue weighted by Gasteiger charge is 2.26. The number of hydrogen-bond donors (Lipinski definition) is 3. The minimum Gasteiger partial charge on any atom is -0.466 e. The van der Waals surface area contributed by atoms with E-state index in [-0.39, 0.29) is 12.6 Å². The van der Waals surface area contributed by atoms with Crippen LogP contribution in [0.1, 0.15) is 38.1 Å². The Hall–Kier alpha value is -1.79. The van der Waals surface area contributed by atoms with Crippen LogP contribution in [0, 0.1) is 0 Å². The fourth-order valence-electron chi connectivity index (χ4n) is 2.33. The monoisotopic (exact) mass is 393 g/mol. The molecule has 2 atom stereocenters. The van der Waals surface area contributed by atoms with Crippen LogP contribution in [0.5, 0.6) is 0 Å². The van der Waals surface area contributed by atoms with Gasteiger partial charge in [0, 0.05) is 11.0 Å². The summed E-state index contributed by atoms with van der Waals surface area (Å²) in [5, 5.41) is 17.1. The smallest absolute Gasteiger partial charge is 0.191 e. The van der Waals surface area contributed by atoms with Crippen molar-refractivity contribution in [2.75, 3.05) is 13.1 Å². The molecule has 2 unspecified atom stereocenters. The van der Waals surface area contributed by atoms with Crippen LogP contribution in [0.2, 0.25) is 0 Å². The van der Waals surface area contributed by atoms with E-state index in [0.29, 0.717) is 11.7 Å². The van der Waals surface area contributed by atoms with Crippen molar-refractivity contribution in [3.05, 3.63) is 58.5 Å². The Morgan fingerprint density at radius 1 is 1.33 bits per heavy atom. The molecule has 0 saturated carbocycles. The van der Waals surface area contributed by atoms with E-state index in [9.17, 15) is 5.11 Å². The number of hydrogen-bond acceptors (Lipinski definition) is 3. The number of aliphatic imine (C=N–C) groups is 1. The van der Waals surface area contributed by atoms with Gasteiger partial charge in [-0.25, -0.2) is 4.99 Å². The predicted molar refractivity (Wildman–Crippen MR) is 100.0 cm³/mol. The Kier molecular flexibility index (Phi) is 6.45. The van der Waals surface area contributed by atoms with Crippen molar-refractivity contribution in [2.45, 2.75) is 32.4 Å². The molecule has 0 amide bonds. The molecule has 2 rings (SSSR count). The van der Waals surface area contributed by atoms with Crippen LogP contribution in [0.3, 0.4) is 0 Å². The van der Waals surface area contributed by atoms with Gasteiger partial charge in [-0.2, -0.15) is 0 Å². The second kappa shape index (κ2) is 8.35. The van der Waals surface area contributed by atoms with Crippen molar-refractivity contribution in [2.24, 2.45) is 4.99 Å². The molecule has 0 fully saturated rings. The molecule has 0 saturated heterocycles. The SMILES string of the molecule is CCNC(=NCC(C)(O)c1ccco1)NC(C)c1ccccc1Br. The van der Waals surface area contributed by atoms with Crippen molar-refractivity contribution in [3.8, 4) is 0 Å². The molecule has 0 bridgehead atoms. The van der Waals surface area contributed by atoms with Crippen molar-refractivity contribution in [3.63, 3.8) is 0 Å². The van der Waals surface area contributed by atoms with E-state index in [4.69, 9.17) is 4.42 Å². The molecular formula is C18H24BrN3O2. The summed E-state index contributed by atoms with van der Waals surface area (Å²) < 4.78 is 6.34. The highest BCUT2D eigenvalue weighted by atomic mass is 79.9. The first-order valence-electron chi connectivity index (χ1n) is 7.99. The number of rotatable bonds is 6. The predicted octanol–water partition coefficient (Wildman–Crippen LogP) is 3.57. The molecule has 6 heteroatoms. The number of benzene rings is 1. The zero-order chi connectivity index (χ0) is 17.6. The minimum absolute atomic E-state index is 0.0620. The van der Waals surface area contributed by atoms with Gasteiger partial charge in [0.1, 0.15) is 11.4 Å². The normalized spacial score (nSPS) is 15.6. The van der Waals surface area contributed by atoms with E-state index in [1.165, 1.54) is 0 Å². The Labute approximate surface area is 151 Å². The Bertz CT molecular complexity index is 669. The molecule has 0 aliphatic rings. The van der Waals surface area contributed by atoms with Gasteiger partial charge in [-0.3, -0.25) is 0 Å². The van der Waals surface area contributed by atoms with Crippen molar-refractivity contribution >= 4 is 21.9 Å². The molecule has 0 spiro atoms. The molecule has 0 aliphatic carbocycles. The van der Waals surface area contributed by atoms with Gasteiger partial charge in [0.15, 0.2) is 5.96 Å². The molecule has 24 heavy (non-hydrogen) atoms. The van der Waals surface area contributed by atoms with E-state index in [2.05, 4.69) is 44.5 Å². The molecule has 0 aliphatic heterocycles. The van der Waals surface area contributed by atoms with Crippen LogP contribution in [-0.2, 0) is 5.60 Å². The Morgan fingerprint density at radius 3 is 2.71 bits per heavy atom. The van der Waals surface area contributed by atoms with E-state index in [0.717, 1.165) is 16.6 Å².